The Hall–Kier alpha value is -3.81. The zero-order chi connectivity index (χ0) is 25.9. The molecule has 192 valence electrons. The molecule has 1 aliphatic rings. The second kappa shape index (κ2) is 10.9. The Morgan fingerprint density at radius 2 is 2.08 bits per heavy atom. The van der Waals surface area contributed by atoms with Crippen LogP contribution in [0, 0.1) is 5.92 Å². The van der Waals surface area contributed by atoms with Gasteiger partial charge in [-0.05, 0) is 67.0 Å². The van der Waals surface area contributed by atoms with Gasteiger partial charge in [0.25, 0.3) is 0 Å². The summed E-state index contributed by atoms with van der Waals surface area (Å²) in [6, 6.07) is 8.54. The average Bonchev–Trinajstić information content (AvgIpc) is 3.76. The van der Waals surface area contributed by atoms with Gasteiger partial charge in [0.1, 0.15) is 0 Å². The first-order valence-corrected chi connectivity index (χ1v) is 14.2. The van der Waals surface area contributed by atoms with E-state index < -0.39 is 0 Å². The molecule has 6 rings (SSSR count). The minimum Gasteiger partial charge on any atom is -0.352 e. The minimum atomic E-state index is 0.695. The van der Waals surface area contributed by atoms with E-state index in [1.165, 1.54) is 36.1 Å². The molecule has 5 aromatic rings. The molecule has 0 radical (unpaired) electrons. The van der Waals surface area contributed by atoms with Crippen LogP contribution in [0.1, 0.15) is 38.2 Å². The summed E-state index contributed by atoms with van der Waals surface area (Å²) in [4.78, 5) is 13.9. The summed E-state index contributed by atoms with van der Waals surface area (Å²) in [5.74, 6) is 0.815. The zero-order valence-electron chi connectivity index (χ0n) is 21.6. The normalized spacial score (nSPS) is 15.2. The molecule has 0 aliphatic heterocycles. The van der Waals surface area contributed by atoms with E-state index in [9.17, 15) is 0 Å². The maximum atomic E-state index is 4.68. The van der Waals surface area contributed by atoms with Gasteiger partial charge in [0.05, 0.1) is 23.1 Å². The van der Waals surface area contributed by atoms with Crippen LogP contribution < -0.4 is 5.32 Å². The third kappa shape index (κ3) is 4.87. The molecule has 5 heterocycles. The maximum absolute atomic E-state index is 4.68. The van der Waals surface area contributed by atoms with Crippen molar-refractivity contribution in [2.45, 2.75) is 32.6 Å². The van der Waals surface area contributed by atoms with Crippen LogP contribution in [0.15, 0.2) is 78.6 Å². The van der Waals surface area contributed by atoms with E-state index in [0.29, 0.717) is 5.65 Å². The summed E-state index contributed by atoms with van der Waals surface area (Å²) in [7, 11) is 0. The van der Waals surface area contributed by atoms with Gasteiger partial charge in [-0.1, -0.05) is 43.7 Å². The van der Waals surface area contributed by atoms with Crippen molar-refractivity contribution in [2.75, 3.05) is 13.1 Å². The van der Waals surface area contributed by atoms with Crippen molar-refractivity contribution in [2.24, 2.45) is 5.92 Å². The summed E-state index contributed by atoms with van der Waals surface area (Å²) < 4.78 is 0. The molecule has 0 aromatic carbocycles. The predicted molar refractivity (Wildman–Crippen MR) is 159 cm³/mol. The van der Waals surface area contributed by atoms with Gasteiger partial charge < -0.3 is 10.3 Å². The third-order valence-electron chi connectivity index (χ3n) is 7.50. The molecule has 0 amide bonds. The van der Waals surface area contributed by atoms with Crippen LogP contribution in [0.3, 0.4) is 0 Å². The van der Waals surface area contributed by atoms with E-state index in [1.807, 2.05) is 24.7 Å². The Bertz CT molecular complexity index is 1630. The molecule has 0 spiro atoms. The standard InChI is InChI=1S/C31H32N6S/c1-3-20(15-32-16-21-8-5-6-9-21)12-22(4-2)23-13-25-30(36-37-31(25)34-17-23)27-14-24-26(29-10-7-11-38-29)18-33-19-28(24)35-27/h3-4,7,10-14,17-19,21,32,35H,1,5-6,8-9,15-16H2,2H3,(H,34,36,37)/b20-12+,22-4+. The Morgan fingerprint density at radius 3 is 2.87 bits per heavy atom. The van der Waals surface area contributed by atoms with E-state index in [-0.39, 0.29) is 0 Å². The van der Waals surface area contributed by atoms with Gasteiger partial charge in [0, 0.05) is 45.7 Å². The number of nitrogens with zero attached hydrogens (tertiary/aromatic N) is 3. The second-order valence-electron chi connectivity index (χ2n) is 9.95. The molecule has 6 nitrogen and oxygen atoms in total. The number of allylic oxidation sites excluding steroid dienone is 3. The minimum absolute atomic E-state index is 0.695. The SMILES string of the molecule is C=C/C(=C\C(=C/C)c1cnc2n[nH]c(-c3cc4c(-c5cccs5)cncc4[nH]3)c2c1)CNCC1CCCC1. The fraction of sp³-hybridized carbons (Fsp3) is 0.258. The summed E-state index contributed by atoms with van der Waals surface area (Å²) in [5.41, 5.74) is 8.04. The largest absolute Gasteiger partial charge is 0.352 e. The molecular weight excluding hydrogens is 488 g/mol. The lowest BCUT2D eigenvalue weighted by molar-refractivity contribution is 0.503. The molecule has 38 heavy (non-hydrogen) atoms. The van der Waals surface area contributed by atoms with Gasteiger partial charge >= 0.3 is 0 Å². The first kappa shape index (κ1) is 24.5. The van der Waals surface area contributed by atoms with E-state index in [2.05, 4.69) is 85.8 Å². The number of fused-ring (bicyclic) bond motifs is 2. The third-order valence-corrected chi connectivity index (χ3v) is 8.40. The zero-order valence-corrected chi connectivity index (χ0v) is 22.4. The van der Waals surface area contributed by atoms with Crippen LogP contribution in [0.2, 0.25) is 0 Å². The summed E-state index contributed by atoms with van der Waals surface area (Å²) in [6.45, 7) is 8.02. The Kier molecular flexibility index (Phi) is 7.03. The smallest absolute Gasteiger partial charge is 0.181 e. The van der Waals surface area contributed by atoms with Gasteiger partial charge in [-0.15, -0.1) is 11.3 Å². The molecule has 0 unspecified atom stereocenters. The van der Waals surface area contributed by atoms with E-state index in [4.69, 9.17) is 0 Å². The van der Waals surface area contributed by atoms with Crippen LogP contribution in [0.25, 0.3) is 49.3 Å². The number of aromatic amines is 2. The fourth-order valence-corrected chi connectivity index (χ4v) is 6.18. The number of aromatic nitrogens is 5. The van der Waals surface area contributed by atoms with Crippen LogP contribution >= 0.6 is 11.3 Å². The molecule has 3 N–H and O–H groups in total. The quantitative estimate of drug-likeness (QED) is 0.176. The highest BCUT2D eigenvalue weighted by Crippen LogP contribution is 2.35. The molecule has 1 fully saturated rings. The number of pyridine rings is 2. The molecule has 7 heteroatoms. The highest BCUT2D eigenvalue weighted by Gasteiger charge is 2.16. The van der Waals surface area contributed by atoms with Crippen molar-refractivity contribution in [1.29, 1.82) is 0 Å². The van der Waals surface area contributed by atoms with Gasteiger partial charge in [0.2, 0.25) is 0 Å². The number of rotatable bonds is 9. The number of thiophene rings is 1. The van der Waals surface area contributed by atoms with Crippen LogP contribution in [0.5, 0.6) is 0 Å². The second-order valence-corrected chi connectivity index (χ2v) is 10.9. The van der Waals surface area contributed by atoms with Crippen LogP contribution in [-0.2, 0) is 0 Å². The van der Waals surface area contributed by atoms with Gasteiger partial charge in [-0.2, -0.15) is 5.10 Å². The lowest BCUT2D eigenvalue weighted by atomic mass is 10.0. The number of nitrogens with one attached hydrogen (secondary N) is 3. The van der Waals surface area contributed by atoms with Crippen LogP contribution in [0.4, 0.5) is 0 Å². The average molecular weight is 521 g/mol. The van der Waals surface area contributed by atoms with Crippen molar-refractivity contribution in [3.8, 4) is 21.8 Å². The van der Waals surface area contributed by atoms with Crippen molar-refractivity contribution in [3.63, 3.8) is 0 Å². The summed E-state index contributed by atoms with van der Waals surface area (Å²) in [6.07, 6.45) is 17.4. The number of H-pyrrole nitrogens is 2. The first-order chi connectivity index (χ1) is 18.7. The van der Waals surface area contributed by atoms with E-state index in [0.717, 1.165) is 63.4 Å². The summed E-state index contributed by atoms with van der Waals surface area (Å²) >= 11 is 1.72. The molecular formula is C31H32N6S. The van der Waals surface area contributed by atoms with Gasteiger partial charge in [-0.3, -0.25) is 10.1 Å². The first-order valence-electron chi connectivity index (χ1n) is 13.3. The van der Waals surface area contributed by atoms with Crippen molar-refractivity contribution in [1.82, 2.24) is 30.5 Å². The molecule has 5 aromatic heterocycles. The maximum Gasteiger partial charge on any atom is 0.181 e. The van der Waals surface area contributed by atoms with Crippen molar-refractivity contribution >= 4 is 38.8 Å². The van der Waals surface area contributed by atoms with E-state index >= 15 is 0 Å². The Labute approximate surface area is 226 Å². The van der Waals surface area contributed by atoms with Crippen LogP contribution in [-0.4, -0.2) is 38.2 Å². The van der Waals surface area contributed by atoms with Crippen molar-refractivity contribution < 1.29 is 0 Å². The monoisotopic (exact) mass is 520 g/mol. The molecule has 1 saturated carbocycles. The highest BCUT2D eigenvalue weighted by molar-refractivity contribution is 7.13. The molecule has 0 atom stereocenters. The Morgan fingerprint density at radius 1 is 1.18 bits per heavy atom. The topological polar surface area (TPSA) is 82.3 Å². The molecule has 0 bridgehead atoms. The Balaban J connectivity index is 1.30. The summed E-state index contributed by atoms with van der Waals surface area (Å²) in [5, 5.41) is 15.5. The fourth-order valence-electron chi connectivity index (χ4n) is 5.43. The highest BCUT2D eigenvalue weighted by atomic mass is 32.1. The molecule has 1 aliphatic carbocycles. The predicted octanol–water partition coefficient (Wildman–Crippen LogP) is 7.53. The van der Waals surface area contributed by atoms with Gasteiger partial charge in [0.15, 0.2) is 5.65 Å². The van der Waals surface area contributed by atoms with E-state index in [1.54, 1.807) is 11.3 Å². The molecule has 0 saturated heterocycles. The number of hydrogen-bond donors (Lipinski definition) is 3. The van der Waals surface area contributed by atoms with Gasteiger partial charge in [-0.25, -0.2) is 4.98 Å². The number of hydrogen-bond acceptors (Lipinski definition) is 5. The lowest BCUT2D eigenvalue weighted by Crippen LogP contribution is -2.23. The van der Waals surface area contributed by atoms with Crippen molar-refractivity contribution in [3.05, 3.63) is 84.2 Å². The lowest BCUT2D eigenvalue weighted by Gasteiger charge is -2.12.